The van der Waals surface area contributed by atoms with Crippen LogP contribution in [0.1, 0.15) is 44.4 Å². The topological polar surface area (TPSA) is 36.4 Å². The Kier molecular flexibility index (Phi) is 5.28. The summed E-state index contributed by atoms with van der Waals surface area (Å²) in [5.41, 5.74) is 0.560. The van der Waals surface area contributed by atoms with E-state index in [-0.39, 0.29) is 5.82 Å². The van der Waals surface area contributed by atoms with Gasteiger partial charge in [-0.05, 0) is 50.3 Å². The molecule has 1 aliphatic rings. The average molecular weight is 266 g/mol. The fourth-order valence-electron chi connectivity index (χ4n) is 2.31. The average Bonchev–Trinajstić information content (AvgIpc) is 3.21. The molecule has 1 fully saturated rings. The number of aromatic nitrogens is 1. The van der Waals surface area contributed by atoms with Crippen LogP contribution in [0.2, 0.25) is 0 Å². The molecule has 0 aliphatic heterocycles. The maximum Gasteiger partial charge on any atom is 0.141 e. The number of aliphatic hydroxyl groups excluding tert-OH is 1. The predicted octanol–water partition coefficient (Wildman–Crippen LogP) is 2.77. The van der Waals surface area contributed by atoms with Crippen molar-refractivity contribution in [1.82, 2.24) is 9.88 Å². The molecule has 0 aromatic carbocycles. The zero-order valence-corrected chi connectivity index (χ0v) is 11.6. The lowest BCUT2D eigenvalue weighted by atomic mass is 10.1. The summed E-state index contributed by atoms with van der Waals surface area (Å²) in [4.78, 5) is 6.35. The molecular weight excluding hydrogens is 243 g/mol. The summed E-state index contributed by atoms with van der Waals surface area (Å²) in [5, 5.41) is 10.1. The summed E-state index contributed by atoms with van der Waals surface area (Å²) in [6.45, 7) is 5.29. The van der Waals surface area contributed by atoms with Crippen molar-refractivity contribution in [2.24, 2.45) is 5.92 Å². The summed E-state index contributed by atoms with van der Waals surface area (Å²) < 4.78 is 12.8. The fraction of sp³-hybridized carbons (Fsp3) is 0.667. The Labute approximate surface area is 114 Å². The number of rotatable bonds is 8. The molecule has 0 saturated heterocycles. The van der Waals surface area contributed by atoms with Gasteiger partial charge in [-0.15, -0.1) is 0 Å². The summed E-state index contributed by atoms with van der Waals surface area (Å²) in [5.74, 6) is 0.505. The first-order chi connectivity index (χ1) is 9.19. The molecule has 1 N–H and O–H groups in total. The molecule has 1 aromatic heterocycles. The van der Waals surface area contributed by atoms with Crippen LogP contribution in [-0.4, -0.2) is 34.6 Å². The monoisotopic (exact) mass is 266 g/mol. The van der Waals surface area contributed by atoms with Gasteiger partial charge in [-0.25, -0.2) is 4.39 Å². The maximum atomic E-state index is 12.8. The van der Waals surface area contributed by atoms with Gasteiger partial charge >= 0.3 is 0 Å². The second-order valence-corrected chi connectivity index (χ2v) is 5.45. The van der Waals surface area contributed by atoms with Crippen molar-refractivity contribution in [2.75, 3.05) is 19.6 Å². The third kappa shape index (κ3) is 4.88. The van der Waals surface area contributed by atoms with Crippen molar-refractivity contribution in [2.45, 2.75) is 38.7 Å². The quantitative estimate of drug-likeness (QED) is 0.786. The lowest BCUT2D eigenvalue weighted by Gasteiger charge is -2.22. The van der Waals surface area contributed by atoms with E-state index in [0.717, 1.165) is 38.2 Å². The second kappa shape index (κ2) is 6.96. The first-order valence-corrected chi connectivity index (χ1v) is 7.21. The van der Waals surface area contributed by atoms with Gasteiger partial charge in [0.25, 0.3) is 0 Å². The molecule has 2 rings (SSSR count). The lowest BCUT2D eigenvalue weighted by Crippen LogP contribution is -2.29. The van der Waals surface area contributed by atoms with E-state index in [4.69, 9.17) is 0 Å². The number of hydrogen-bond acceptors (Lipinski definition) is 3. The Morgan fingerprint density at radius 3 is 2.79 bits per heavy atom. The first kappa shape index (κ1) is 14.4. The third-order valence-corrected chi connectivity index (χ3v) is 3.56. The van der Waals surface area contributed by atoms with Crippen LogP contribution < -0.4 is 0 Å². The normalized spacial score (nSPS) is 16.8. The molecular formula is C15H23FN2O. The molecule has 19 heavy (non-hydrogen) atoms. The summed E-state index contributed by atoms with van der Waals surface area (Å²) in [6.07, 6.45) is 5.05. The molecule has 1 atom stereocenters. The molecule has 0 amide bonds. The number of pyridine rings is 1. The molecule has 106 valence electrons. The van der Waals surface area contributed by atoms with E-state index < -0.39 is 6.10 Å². The molecule has 0 bridgehead atoms. The van der Waals surface area contributed by atoms with Crippen LogP contribution in [0.4, 0.5) is 4.39 Å². The Morgan fingerprint density at radius 2 is 2.21 bits per heavy atom. The smallest absolute Gasteiger partial charge is 0.141 e. The molecule has 3 nitrogen and oxygen atoms in total. The van der Waals surface area contributed by atoms with Crippen LogP contribution in [0, 0.1) is 11.7 Å². The zero-order valence-electron chi connectivity index (χ0n) is 11.6. The van der Waals surface area contributed by atoms with E-state index >= 15 is 0 Å². The standard InChI is InChI=1S/C15H23FN2O/c1-2-8-18(11-12-3-4-12)9-7-15(19)14-6-5-13(16)10-17-14/h5-6,10,12,15,19H,2-4,7-9,11H2,1H3. The van der Waals surface area contributed by atoms with E-state index in [1.54, 1.807) is 6.07 Å². The lowest BCUT2D eigenvalue weighted by molar-refractivity contribution is 0.136. The summed E-state index contributed by atoms with van der Waals surface area (Å²) in [6, 6.07) is 2.91. The van der Waals surface area contributed by atoms with Gasteiger partial charge in [0.15, 0.2) is 0 Å². The van der Waals surface area contributed by atoms with Crippen molar-refractivity contribution >= 4 is 0 Å². The van der Waals surface area contributed by atoms with Crippen LogP contribution in [-0.2, 0) is 0 Å². The van der Waals surface area contributed by atoms with E-state index in [1.807, 2.05) is 0 Å². The highest BCUT2D eigenvalue weighted by Gasteiger charge is 2.24. The second-order valence-electron chi connectivity index (χ2n) is 5.45. The van der Waals surface area contributed by atoms with Gasteiger partial charge in [0.2, 0.25) is 0 Å². The Morgan fingerprint density at radius 1 is 1.42 bits per heavy atom. The molecule has 1 aliphatic carbocycles. The number of halogens is 1. The Hall–Kier alpha value is -1.00. The highest BCUT2D eigenvalue weighted by atomic mass is 19.1. The molecule has 1 unspecified atom stereocenters. The molecule has 1 saturated carbocycles. The highest BCUT2D eigenvalue weighted by Crippen LogP contribution is 2.30. The van der Waals surface area contributed by atoms with Crippen LogP contribution in [0.15, 0.2) is 18.3 Å². The van der Waals surface area contributed by atoms with Gasteiger partial charge in [-0.2, -0.15) is 0 Å². The van der Waals surface area contributed by atoms with Gasteiger partial charge in [-0.3, -0.25) is 4.98 Å². The van der Waals surface area contributed by atoms with Gasteiger partial charge in [0.05, 0.1) is 18.0 Å². The van der Waals surface area contributed by atoms with E-state index in [9.17, 15) is 9.50 Å². The first-order valence-electron chi connectivity index (χ1n) is 7.21. The van der Waals surface area contributed by atoms with Crippen molar-refractivity contribution < 1.29 is 9.50 Å². The van der Waals surface area contributed by atoms with Gasteiger partial charge in [-0.1, -0.05) is 6.92 Å². The van der Waals surface area contributed by atoms with Crippen molar-refractivity contribution in [3.8, 4) is 0 Å². The molecule has 4 heteroatoms. The number of hydrogen-bond donors (Lipinski definition) is 1. The van der Waals surface area contributed by atoms with Gasteiger partial charge < -0.3 is 10.0 Å². The largest absolute Gasteiger partial charge is 0.387 e. The van der Waals surface area contributed by atoms with Gasteiger partial charge in [0.1, 0.15) is 5.82 Å². The van der Waals surface area contributed by atoms with Crippen LogP contribution in [0.25, 0.3) is 0 Å². The van der Waals surface area contributed by atoms with Crippen molar-refractivity contribution in [1.29, 1.82) is 0 Å². The van der Waals surface area contributed by atoms with Crippen LogP contribution >= 0.6 is 0 Å². The number of nitrogens with zero attached hydrogens (tertiary/aromatic N) is 2. The minimum Gasteiger partial charge on any atom is -0.387 e. The van der Waals surface area contributed by atoms with E-state index in [0.29, 0.717) is 12.1 Å². The minimum atomic E-state index is -0.598. The fourth-order valence-corrected chi connectivity index (χ4v) is 2.31. The molecule has 1 heterocycles. The zero-order chi connectivity index (χ0) is 13.7. The molecule has 0 spiro atoms. The predicted molar refractivity (Wildman–Crippen MR) is 73.2 cm³/mol. The SMILES string of the molecule is CCCN(CCC(O)c1ccc(F)cn1)CC1CC1. The maximum absolute atomic E-state index is 12.8. The van der Waals surface area contributed by atoms with Crippen molar-refractivity contribution in [3.63, 3.8) is 0 Å². The molecule has 1 aromatic rings. The van der Waals surface area contributed by atoms with E-state index in [2.05, 4.69) is 16.8 Å². The third-order valence-electron chi connectivity index (χ3n) is 3.56. The summed E-state index contributed by atoms with van der Waals surface area (Å²) >= 11 is 0. The summed E-state index contributed by atoms with van der Waals surface area (Å²) in [7, 11) is 0. The van der Waals surface area contributed by atoms with Crippen molar-refractivity contribution in [3.05, 3.63) is 29.8 Å². The Balaban J connectivity index is 1.79. The minimum absolute atomic E-state index is 0.364. The van der Waals surface area contributed by atoms with E-state index in [1.165, 1.54) is 18.9 Å². The van der Waals surface area contributed by atoms with Crippen LogP contribution in [0.3, 0.4) is 0 Å². The van der Waals surface area contributed by atoms with Gasteiger partial charge in [0, 0.05) is 13.1 Å². The molecule has 0 radical (unpaired) electrons. The Bertz CT molecular complexity index is 378. The number of aliphatic hydroxyl groups is 1. The highest BCUT2D eigenvalue weighted by molar-refractivity contribution is 5.07. The van der Waals surface area contributed by atoms with Crippen LogP contribution in [0.5, 0.6) is 0 Å².